The Balaban J connectivity index is 2.60. The first-order chi connectivity index (χ1) is 5.24. The van der Waals surface area contributed by atoms with Gasteiger partial charge in [-0.1, -0.05) is 0 Å². The van der Waals surface area contributed by atoms with Crippen LogP contribution in [0.15, 0.2) is 11.4 Å². The van der Waals surface area contributed by atoms with Crippen LogP contribution in [-0.4, -0.2) is 11.7 Å². The van der Waals surface area contributed by atoms with E-state index in [0.29, 0.717) is 6.42 Å². The lowest BCUT2D eigenvalue weighted by atomic mass is 10.2. The predicted molar refractivity (Wildman–Crippen MR) is 47.4 cm³/mol. The van der Waals surface area contributed by atoms with Crippen LogP contribution in [0.3, 0.4) is 0 Å². The van der Waals surface area contributed by atoms with Crippen LogP contribution in [0.4, 0.5) is 5.69 Å². The third-order valence-corrected chi connectivity index (χ3v) is 2.53. The Morgan fingerprint density at radius 1 is 1.64 bits per heavy atom. The lowest BCUT2D eigenvalue weighted by Gasteiger charge is -2.05. The fraction of sp³-hybridized carbons (Fsp3) is 0.429. The van der Waals surface area contributed by atoms with Gasteiger partial charge in [0.1, 0.15) is 0 Å². The summed E-state index contributed by atoms with van der Waals surface area (Å²) in [5, 5.41) is 10.5. The van der Waals surface area contributed by atoms with Gasteiger partial charge in [0.2, 0.25) is 0 Å². The Morgan fingerprint density at radius 2 is 2.36 bits per heavy atom. The van der Waals surface area contributed by atoms with Crippen molar-refractivity contribution in [3.05, 3.63) is 16.3 Å². The van der Waals surface area contributed by atoms with Crippen molar-refractivity contribution >= 4 is 17.0 Å². The Hall–Kier alpha value is -0.580. The fourth-order valence-electron chi connectivity index (χ4n) is 0.844. The third kappa shape index (κ3) is 2.18. The first-order valence-corrected chi connectivity index (χ1v) is 4.32. The molecular formula is C7H12N2OS. The van der Waals surface area contributed by atoms with Crippen LogP contribution in [0.1, 0.15) is 17.3 Å². The van der Waals surface area contributed by atoms with Gasteiger partial charge in [-0.15, -0.1) is 11.3 Å². The molecule has 3 nitrogen and oxygen atoms in total. The first kappa shape index (κ1) is 8.52. The lowest BCUT2D eigenvalue weighted by molar-refractivity contribution is 0.277. The van der Waals surface area contributed by atoms with Crippen LogP contribution in [0.2, 0.25) is 0 Å². The molecule has 5 N–H and O–H groups in total. The summed E-state index contributed by atoms with van der Waals surface area (Å²) in [5.74, 6) is 0. The molecule has 1 rings (SSSR count). The molecule has 1 atom stereocenters. The SMILES string of the molecule is Nc1csc([C@@H](N)CCO)c1. The summed E-state index contributed by atoms with van der Waals surface area (Å²) < 4.78 is 0. The molecule has 0 saturated carbocycles. The third-order valence-electron chi connectivity index (χ3n) is 1.45. The van der Waals surface area contributed by atoms with Crippen molar-refractivity contribution in [2.45, 2.75) is 12.5 Å². The Morgan fingerprint density at radius 3 is 2.82 bits per heavy atom. The van der Waals surface area contributed by atoms with Crippen molar-refractivity contribution < 1.29 is 5.11 Å². The minimum atomic E-state index is -0.0673. The van der Waals surface area contributed by atoms with Gasteiger partial charge >= 0.3 is 0 Å². The first-order valence-electron chi connectivity index (χ1n) is 3.44. The molecule has 0 bridgehead atoms. The van der Waals surface area contributed by atoms with Crippen LogP contribution in [-0.2, 0) is 0 Å². The molecule has 0 unspecified atom stereocenters. The van der Waals surface area contributed by atoms with Gasteiger partial charge < -0.3 is 16.6 Å². The number of nitrogen functional groups attached to an aromatic ring is 1. The van der Waals surface area contributed by atoms with Gasteiger partial charge in [0, 0.05) is 28.6 Å². The summed E-state index contributed by atoms with van der Waals surface area (Å²) in [6, 6.07) is 1.78. The highest BCUT2D eigenvalue weighted by molar-refractivity contribution is 7.10. The van der Waals surface area contributed by atoms with E-state index in [9.17, 15) is 0 Å². The largest absolute Gasteiger partial charge is 0.398 e. The maximum Gasteiger partial charge on any atom is 0.0449 e. The van der Waals surface area contributed by atoms with E-state index in [4.69, 9.17) is 16.6 Å². The minimum Gasteiger partial charge on any atom is -0.398 e. The summed E-state index contributed by atoms with van der Waals surface area (Å²) in [7, 11) is 0. The number of anilines is 1. The van der Waals surface area contributed by atoms with Crippen molar-refractivity contribution in [1.82, 2.24) is 0 Å². The van der Waals surface area contributed by atoms with Gasteiger partial charge in [-0.05, 0) is 12.5 Å². The normalized spacial score (nSPS) is 13.3. The van der Waals surface area contributed by atoms with Gasteiger partial charge in [-0.25, -0.2) is 0 Å². The fourth-order valence-corrected chi connectivity index (χ4v) is 1.68. The Kier molecular flexibility index (Phi) is 2.87. The van der Waals surface area contributed by atoms with Crippen LogP contribution in [0.25, 0.3) is 0 Å². The molecule has 0 aliphatic heterocycles. The molecule has 1 aromatic heterocycles. The number of hydrogen-bond donors (Lipinski definition) is 3. The van der Waals surface area contributed by atoms with E-state index < -0.39 is 0 Å². The summed E-state index contributed by atoms with van der Waals surface area (Å²) in [4.78, 5) is 1.04. The van der Waals surface area contributed by atoms with Crippen molar-refractivity contribution in [2.24, 2.45) is 5.73 Å². The minimum absolute atomic E-state index is 0.0673. The molecule has 0 spiro atoms. The number of thiophene rings is 1. The monoisotopic (exact) mass is 172 g/mol. The number of nitrogens with two attached hydrogens (primary N) is 2. The van der Waals surface area contributed by atoms with Gasteiger partial charge in [-0.3, -0.25) is 0 Å². The second-order valence-corrected chi connectivity index (χ2v) is 3.34. The van der Waals surface area contributed by atoms with E-state index in [1.807, 2.05) is 11.4 Å². The van der Waals surface area contributed by atoms with Gasteiger partial charge in [0.05, 0.1) is 0 Å². The molecule has 11 heavy (non-hydrogen) atoms. The molecule has 0 aliphatic carbocycles. The second-order valence-electron chi connectivity index (χ2n) is 2.40. The van der Waals surface area contributed by atoms with E-state index in [2.05, 4.69) is 0 Å². The molecule has 1 aromatic rings. The van der Waals surface area contributed by atoms with E-state index in [1.165, 1.54) is 11.3 Å². The van der Waals surface area contributed by atoms with Crippen LogP contribution < -0.4 is 11.5 Å². The summed E-state index contributed by atoms with van der Waals surface area (Å²) in [5.41, 5.74) is 12.0. The molecule has 62 valence electrons. The van der Waals surface area contributed by atoms with Crippen LogP contribution >= 0.6 is 11.3 Å². The average Bonchev–Trinajstić information content (AvgIpc) is 2.36. The second kappa shape index (κ2) is 3.71. The van der Waals surface area contributed by atoms with Crippen molar-refractivity contribution in [3.63, 3.8) is 0 Å². The molecule has 0 aliphatic rings. The van der Waals surface area contributed by atoms with Crippen molar-refractivity contribution in [2.75, 3.05) is 12.3 Å². The highest BCUT2D eigenvalue weighted by Crippen LogP contribution is 2.23. The molecule has 0 radical (unpaired) electrons. The molecule has 0 aromatic carbocycles. The maximum atomic E-state index is 8.60. The number of aliphatic hydroxyl groups is 1. The molecular weight excluding hydrogens is 160 g/mol. The van der Waals surface area contributed by atoms with E-state index in [1.54, 1.807) is 0 Å². The maximum absolute atomic E-state index is 8.60. The van der Waals surface area contributed by atoms with E-state index in [-0.39, 0.29) is 12.6 Å². The smallest absolute Gasteiger partial charge is 0.0449 e. The summed E-state index contributed by atoms with van der Waals surface area (Å²) in [6.07, 6.45) is 0.597. The molecule has 0 fully saturated rings. The topological polar surface area (TPSA) is 72.3 Å². The van der Waals surface area contributed by atoms with Gasteiger partial charge in [0.15, 0.2) is 0 Å². The van der Waals surface area contributed by atoms with Crippen molar-refractivity contribution in [3.8, 4) is 0 Å². The Bertz CT molecular complexity index is 224. The van der Waals surface area contributed by atoms with Crippen molar-refractivity contribution in [1.29, 1.82) is 0 Å². The predicted octanol–water partition coefficient (Wildman–Crippen LogP) is 0.713. The molecule has 4 heteroatoms. The molecule has 1 heterocycles. The zero-order valence-electron chi connectivity index (χ0n) is 6.16. The zero-order chi connectivity index (χ0) is 8.27. The molecule has 0 amide bonds. The average molecular weight is 172 g/mol. The van der Waals surface area contributed by atoms with Crippen LogP contribution in [0.5, 0.6) is 0 Å². The summed E-state index contributed by atoms with van der Waals surface area (Å²) >= 11 is 1.54. The van der Waals surface area contributed by atoms with Gasteiger partial charge in [0.25, 0.3) is 0 Å². The van der Waals surface area contributed by atoms with E-state index >= 15 is 0 Å². The highest BCUT2D eigenvalue weighted by Gasteiger charge is 2.06. The number of rotatable bonds is 3. The van der Waals surface area contributed by atoms with Crippen LogP contribution in [0, 0.1) is 0 Å². The lowest BCUT2D eigenvalue weighted by Crippen LogP contribution is -2.09. The Labute approximate surface area is 69.6 Å². The quantitative estimate of drug-likeness (QED) is 0.628. The number of hydrogen-bond acceptors (Lipinski definition) is 4. The van der Waals surface area contributed by atoms with E-state index in [0.717, 1.165) is 10.6 Å². The molecule has 0 saturated heterocycles. The summed E-state index contributed by atoms with van der Waals surface area (Å²) in [6.45, 7) is 0.124. The standard InChI is InChI=1S/C7H12N2OS/c8-5-3-7(11-4-5)6(9)1-2-10/h3-4,6,10H,1-2,8-9H2/t6-/m0/s1. The number of aliphatic hydroxyl groups excluding tert-OH is 1. The van der Waals surface area contributed by atoms with Gasteiger partial charge in [-0.2, -0.15) is 0 Å². The zero-order valence-corrected chi connectivity index (χ0v) is 6.97. The highest BCUT2D eigenvalue weighted by atomic mass is 32.1.